The van der Waals surface area contributed by atoms with Crippen molar-refractivity contribution in [3.63, 3.8) is 0 Å². The number of fused-ring (bicyclic) bond motifs is 1. The van der Waals surface area contributed by atoms with E-state index in [4.69, 9.17) is 9.72 Å². The fraction of sp³-hybridized carbons (Fsp3) is 0.286. The molecule has 3 aromatic rings. The summed E-state index contributed by atoms with van der Waals surface area (Å²) in [5, 5.41) is 13.7. The van der Waals surface area contributed by atoms with Gasteiger partial charge < -0.3 is 15.2 Å². The van der Waals surface area contributed by atoms with Gasteiger partial charge in [-0.15, -0.1) is 0 Å². The minimum absolute atomic E-state index is 0.0393. The Bertz CT molecular complexity index is 860. The van der Waals surface area contributed by atoms with Crippen LogP contribution in [-0.4, -0.2) is 29.8 Å². The van der Waals surface area contributed by atoms with E-state index in [2.05, 4.69) is 36.5 Å². The van der Waals surface area contributed by atoms with Gasteiger partial charge in [-0.3, -0.25) is 0 Å². The highest BCUT2D eigenvalue weighted by Crippen LogP contribution is 2.28. The maximum Gasteiger partial charge on any atom is 0.118 e. The molecule has 1 aromatic heterocycles. The predicted octanol–water partition coefficient (Wildman–Crippen LogP) is 3.69. The van der Waals surface area contributed by atoms with Crippen LogP contribution in [0.3, 0.4) is 0 Å². The quantitative estimate of drug-likeness (QED) is 0.721. The molecule has 0 saturated heterocycles. The van der Waals surface area contributed by atoms with Crippen molar-refractivity contribution in [2.24, 2.45) is 0 Å². The molecule has 1 heterocycles. The van der Waals surface area contributed by atoms with E-state index in [9.17, 15) is 5.11 Å². The van der Waals surface area contributed by atoms with Crippen LogP contribution in [0.2, 0.25) is 0 Å². The SMILES string of the molecule is COc1ccc(-c2nc3cc(C)ccc3cc2CNC(C)CO)cc1. The molecule has 3 rings (SSSR count). The molecule has 25 heavy (non-hydrogen) atoms. The number of nitrogens with zero attached hydrogens (tertiary/aromatic N) is 1. The van der Waals surface area contributed by atoms with Gasteiger partial charge in [0.15, 0.2) is 0 Å². The molecule has 0 saturated carbocycles. The molecule has 0 aliphatic carbocycles. The first-order valence-electron chi connectivity index (χ1n) is 8.49. The van der Waals surface area contributed by atoms with Crippen LogP contribution in [-0.2, 0) is 6.54 Å². The van der Waals surface area contributed by atoms with Crippen molar-refractivity contribution in [2.75, 3.05) is 13.7 Å². The first kappa shape index (κ1) is 17.4. The zero-order valence-electron chi connectivity index (χ0n) is 14.9. The molecule has 0 spiro atoms. The predicted molar refractivity (Wildman–Crippen MR) is 102 cm³/mol. The summed E-state index contributed by atoms with van der Waals surface area (Å²) in [6.45, 7) is 4.80. The van der Waals surface area contributed by atoms with Gasteiger partial charge in [0.2, 0.25) is 0 Å². The topological polar surface area (TPSA) is 54.4 Å². The Balaban J connectivity index is 2.07. The summed E-state index contributed by atoms with van der Waals surface area (Å²) in [5.74, 6) is 0.828. The van der Waals surface area contributed by atoms with Gasteiger partial charge in [-0.1, -0.05) is 12.1 Å². The third-order valence-electron chi connectivity index (χ3n) is 4.33. The van der Waals surface area contributed by atoms with Crippen LogP contribution in [0.4, 0.5) is 0 Å². The second-order valence-corrected chi connectivity index (χ2v) is 6.39. The number of aromatic nitrogens is 1. The van der Waals surface area contributed by atoms with Crippen molar-refractivity contribution in [1.29, 1.82) is 0 Å². The number of aliphatic hydroxyl groups is 1. The van der Waals surface area contributed by atoms with Crippen LogP contribution in [0.1, 0.15) is 18.1 Å². The largest absolute Gasteiger partial charge is 0.497 e. The lowest BCUT2D eigenvalue weighted by Gasteiger charge is -2.15. The highest BCUT2D eigenvalue weighted by Gasteiger charge is 2.11. The van der Waals surface area contributed by atoms with Gasteiger partial charge in [-0.25, -0.2) is 4.98 Å². The lowest BCUT2D eigenvalue weighted by atomic mass is 10.0. The molecule has 0 aliphatic heterocycles. The van der Waals surface area contributed by atoms with Gasteiger partial charge in [0.25, 0.3) is 0 Å². The van der Waals surface area contributed by atoms with Gasteiger partial charge in [0.1, 0.15) is 5.75 Å². The van der Waals surface area contributed by atoms with E-state index in [0.717, 1.165) is 33.5 Å². The minimum Gasteiger partial charge on any atom is -0.497 e. The molecule has 4 nitrogen and oxygen atoms in total. The third kappa shape index (κ3) is 3.98. The summed E-state index contributed by atoms with van der Waals surface area (Å²) >= 11 is 0. The number of aryl methyl sites for hydroxylation is 1. The molecule has 2 N–H and O–H groups in total. The van der Waals surface area contributed by atoms with Gasteiger partial charge in [0.05, 0.1) is 24.9 Å². The maximum absolute atomic E-state index is 9.27. The van der Waals surface area contributed by atoms with Gasteiger partial charge in [-0.2, -0.15) is 0 Å². The number of nitrogens with one attached hydrogen (secondary N) is 1. The number of benzene rings is 2. The molecule has 4 heteroatoms. The Morgan fingerprint density at radius 3 is 2.56 bits per heavy atom. The van der Waals surface area contributed by atoms with Gasteiger partial charge in [-0.05, 0) is 61.4 Å². The number of methoxy groups -OCH3 is 1. The Morgan fingerprint density at radius 2 is 1.88 bits per heavy atom. The number of hydrogen-bond donors (Lipinski definition) is 2. The van der Waals surface area contributed by atoms with Crippen LogP contribution in [0.15, 0.2) is 48.5 Å². The summed E-state index contributed by atoms with van der Waals surface area (Å²) in [7, 11) is 1.66. The van der Waals surface area contributed by atoms with Crippen LogP contribution in [0.25, 0.3) is 22.2 Å². The fourth-order valence-electron chi connectivity index (χ4n) is 2.80. The van der Waals surface area contributed by atoms with Gasteiger partial charge >= 0.3 is 0 Å². The van der Waals surface area contributed by atoms with Crippen LogP contribution in [0, 0.1) is 6.92 Å². The number of pyridine rings is 1. The minimum atomic E-state index is 0.0393. The molecule has 0 radical (unpaired) electrons. The van der Waals surface area contributed by atoms with Crippen molar-refractivity contribution in [3.05, 3.63) is 59.7 Å². The standard InChI is InChI=1S/C21H24N2O2/c1-14-4-5-17-11-18(12-22-15(2)13-24)21(23-20(17)10-14)16-6-8-19(25-3)9-7-16/h4-11,15,22,24H,12-13H2,1-3H3. The molecule has 2 aromatic carbocycles. The van der Waals surface area contributed by atoms with E-state index in [1.807, 2.05) is 31.2 Å². The van der Waals surface area contributed by atoms with E-state index in [1.54, 1.807) is 7.11 Å². The van der Waals surface area contributed by atoms with E-state index < -0.39 is 0 Å². The summed E-state index contributed by atoms with van der Waals surface area (Å²) < 4.78 is 5.25. The zero-order valence-corrected chi connectivity index (χ0v) is 14.9. The molecule has 130 valence electrons. The number of hydrogen-bond acceptors (Lipinski definition) is 4. The highest BCUT2D eigenvalue weighted by molar-refractivity contribution is 5.84. The molecule has 0 aliphatic rings. The normalized spacial score (nSPS) is 12.3. The first-order valence-corrected chi connectivity index (χ1v) is 8.49. The Labute approximate surface area is 148 Å². The van der Waals surface area contributed by atoms with Gasteiger partial charge in [0, 0.05) is 23.5 Å². The Kier molecular flexibility index (Phi) is 5.31. The number of rotatable bonds is 6. The Morgan fingerprint density at radius 1 is 1.12 bits per heavy atom. The van der Waals surface area contributed by atoms with E-state index in [-0.39, 0.29) is 12.6 Å². The summed E-state index contributed by atoms with van der Waals surface area (Å²) in [6, 6.07) is 16.5. The molecular weight excluding hydrogens is 312 g/mol. The number of ether oxygens (including phenoxy) is 1. The average Bonchev–Trinajstić information content (AvgIpc) is 2.65. The van der Waals surface area contributed by atoms with Crippen molar-refractivity contribution in [1.82, 2.24) is 10.3 Å². The van der Waals surface area contributed by atoms with Crippen LogP contribution in [0.5, 0.6) is 5.75 Å². The van der Waals surface area contributed by atoms with Crippen molar-refractivity contribution in [2.45, 2.75) is 26.4 Å². The third-order valence-corrected chi connectivity index (χ3v) is 4.33. The lowest BCUT2D eigenvalue weighted by Crippen LogP contribution is -2.28. The lowest BCUT2D eigenvalue weighted by molar-refractivity contribution is 0.251. The second kappa shape index (κ2) is 7.64. The summed E-state index contributed by atoms with van der Waals surface area (Å²) in [6.07, 6.45) is 0. The molecule has 0 fully saturated rings. The van der Waals surface area contributed by atoms with Crippen LogP contribution < -0.4 is 10.1 Å². The smallest absolute Gasteiger partial charge is 0.118 e. The number of aliphatic hydroxyl groups excluding tert-OH is 1. The van der Waals surface area contributed by atoms with E-state index >= 15 is 0 Å². The average molecular weight is 336 g/mol. The second-order valence-electron chi connectivity index (χ2n) is 6.39. The molecule has 1 unspecified atom stereocenters. The van der Waals surface area contributed by atoms with E-state index in [0.29, 0.717) is 6.54 Å². The highest BCUT2D eigenvalue weighted by atomic mass is 16.5. The van der Waals surface area contributed by atoms with Crippen molar-refractivity contribution in [3.8, 4) is 17.0 Å². The Hall–Kier alpha value is -2.43. The van der Waals surface area contributed by atoms with Crippen molar-refractivity contribution >= 4 is 10.9 Å². The van der Waals surface area contributed by atoms with Crippen LogP contribution >= 0.6 is 0 Å². The fourth-order valence-corrected chi connectivity index (χ4v) is 2.80. The monoisotopic (exact) mass is 336 g/mol. The van der Waals surface area contributed by atoms with Crippen molar-refractivity contribution < 1.29 is 9.84 Å². The van der Waals surface area contributed by atoms with E-state index in [1.165, 1.54) is 5.56 Å². The first-order chi connectivity index (χ1) is 12.1. The molecule has 0 bridgehead atoms. The summed E-state index contributed by atoms with van der Waals surface area (Å²) in [5.41, 5.74) is 5.31. The molecule has 0 amide bonds. The summed E-state index contributed by atoms with van der Waals surface area (Å²) in [4.78, 5) is 4.92. The zero-order chi connectivity index (χ0) is 17.8. The molecular formula is C21H24N2O2. The molecule has 1 atom stereocenters. The maximum atomic E-state index is 9.27.